The monoisotopic (exact) mass is 155 g/mol. The van der Waals surface area contributed by atoms with Gasteiger partial charge in [0, 0.05) is 18.3 Å². The molecule has 0 atom stereocenters. The lowest BCUT2D eigenvalue weighted by Gasteiger charge is -1.98. The van der Waals surface area contributed by atoms with Crippen LogP contribution < -0.4 is 5.32 Å². The van der Waals surface area contributed by atoms with Crippen molar-refractivity contribution in [2.75, 3.05) is 13.2 Å². The minimum Gasteiger partial charge on any atom is -0.463 e. The van der Waals surface area contributed by atoms with E-state index in [0.717, 1.165) is 25.1 Å². The van der Waals surface area contributed by atoms with E-state index in [2.05, 4.69) is 5.32 Å². The Balaban J connectivity index is 2.36. The summed E-state index contributed by atoms with van der Waals surface area (Å²) in [6.07, 6.45) is 3.63. The summed E-state index contributed by atoms with van der Waals surface area (Å²) in [5, 5.41) is 3.11. The van der Waals surface area contributed by atoms with Gasteiger partial charge in [-0.05, 0) is 19.8 Å². The summed E-state index contributed by atoms with van der Waals surface area (Å²) < 4.78 is 4.75. The molecule has 1 N–H and O–H groups in total. The summed E-state index contributed by atoms with van der Waals surface area (Å²) >= 11 is 0. The van der Waals surface area contributed by atoms with Crippen molar-refractivity contribution in [3.8, 4) is 0 Å². The van der Waals surface area contributed by atoms with Crippen LogP contribution in [0.15, 0.2) is 11.8 Å². The lowest BCUT2D eigenvalue weighted by atomic mass is 10.3. The number of hydrogen-bond acceptors (Lipinski definition) is 3. The van der Waals surface area contributed by atoms with E-state index >= 15 is 0 Å². The van der Waals surface area contributed by atoms with E-state index in [4.69, 9.17) is 4.74 Å². The molecule has 0 saturated carbocycles. The van der Waals surface area contributed by atoms with E-state index in [1.54, 1.807) is 6.92 Å². The number of hydrogen-bond donors (Lipinski definition) is 1. The van der Waals surface area contributed by atoms with E-state index in [9.17, 15) is 4.79 Å². The van der Waals surface area contributed by atoms with Gasteiger partial charge in [0.25, 0.3) is 0 Å². The van der Waals surface area contributed by atoms with Crippen molar-refractivity contribution in [3.05, 3.63) is 11.8 Å². The Labute approximate surface area is 66.4 Å². The fourth-order valence-electron chi connectivity index (χ4n) is 1.07. The fraction of sp³-hybridized carbons (Fsp3) is 0.625. The summed E-state index contributed by atoms with van der Waals surface area (Å²) in [6, 6.07) is 0. The van der Waals surface area contributed by atoms with E-state index in [-0.39, 0.29) is 5.97 Å². The van der Waals surface area contributed by atoms with Gasteiger partial charge in [0.2, 0.25) is 0 Å². The van der Waals surface area contributed by atoms with Crippen molar-refractivity contribution in [2.45, 2.75) is 19.8 Å². The second-order valence-electron chi connectivity index (χ2n) is 2.45. The fourth-order valence-corrected chi connectivity index (χ4v) is 1.07. The van der Waals surface area contributed by atoms with Gasteiger partial charge in [-0.3, -0.25) is 0 Å². The maximum absolute atomic E-state index is 10.9. The maximum atomic E-state index is 10.9. The highest BCUT2D eigenvalue weighted by molar-refractivity contribution is 5.82. The van der Waals surface area contributed by atoms with Gasteiger partial charge >= 0.3 is 5.97 Å². The van der Waals surface area contributed by atoms with Gasteiger partial charge in [-0.15, -0.1) is 0 Å². The molecule has 0 radical (unpaired) electrons. The molecule has 1 fully saturated rings. The normalized spacial score (nSPS) is 19.9. The molecule has 1 saturated heterocycles. The van der Waals surface area contributed by atoms with E-state index in [0.29, 0.717) is 6.61 Å². The van der Waals surface area contributed by atoms with Crippen LogP contribution in [0.25, 0.3) is 0 Å². The number of ether oxygens (including phenoxy) is 1. The van der Waals surface area contributed by atoms with Gasteiger partial charge < -0.3 is 10.1 Å². The Kier molecular flexibility index (Phi) is 2.95. The molecule has 0 aromatic carbocycles. The SMILES string of the molecule is CCOC(=O)C=C1CCCN1. The van der Waals surface area contributed by atoms with Crippen molar-refractivity contribution >= 4 is 5.97 Å². The minimum absolute atomic E-state index is 0.239. The van der Waals surface area contributed by atoms with Crippen molar-refractivity contribution in [2.24, 2.45) is 0 Å². The summed E-state index contributed by atoms with van der Waals surface area (Å²) in [4.78, 5) is 10.9. The first kappa shape index (κ1) is 8.11. The molecule has 0 aromatic rings. The van der Waals surface area contributed by atoms with Crippen LogP contribution in [0, 0.1) is 0 Å². The molecule has 0 spiro atoms. The smallest absolute Gasteiger partial charge is 0.332 e. The lowest BCUT2D eigenvalue weighted by Crippen LogP contribution is -2.07. The third-order valence-electron chi connectivity index (χ3n) is 1.55. The molecule has 1 aliphatic heterocycles. The van der Waals surface area contributed by atoms with Crippen LogP contribution >= 0.6 is 0 Å². The molecular formula is C8H13NO2. The summed E-state index contributed by atoms with van der Waals surface area (Å²) in [5.41, 5.74) is 1.00. The predicted molar refractivity (Wildman–Crippen MR) is 42.0 cm³/mol. The van der Waals surface area contributed by atoms with Crippen molar-refractivity contribution in [1.29, 1.82) is 0 Å². The highest BCUT2D eigenvalue weighted by Gasteiger charge is 2.06. The molecule has 0 aromatic heterocycles. The van der Waals surface area contributed by atoms with Crippen LogP contribution in [0.3, 0.4) is 0 Å². The van der Waals surface area contributed by atoms with E-state index in [1.807, 2.05) is 0 Å². The molecule has 3 heteroatoms. The van der Waals surface area contributed by atoms with Crippen LogP contribution in [0.1, 0.15) is 19.8 Å². The maximum Gasteiger partial charge on any atom is 0.332 e. The standard InChI is InChI=1S/C8H13NO2/c1-2-11-8(10)6-7-4-3-5-9-7/h6,9H,2-5H2,1H3. The lowest BCUT2D eigenvalue weighted by molar-refractivity contribution is -0.137. The molecule has 11 heavy (non-hydrogen) atoms. The Morgan fingerprint density at radius 2 is 2.64 bits per heavy atom. The molecule has 0 unspecified atom stereocenters. The van der Waals surface area contributed by atoms with Crippen molar-refractivity contribution in [1.82, 2.24) is 5.32 Å². The quantitative estimate of drug-likeness (QED) is 0.474. The zero-order valence-electron chi connectivity index (χ0n) is 6.72. The highest BCUT2D eigenvalue weighted by atomic mass is 16.5. The first-order chi connectivity index (χ1) is 5.33. The first-order valence-corrected chi connectivity index (χ1v) is 3.94. The van der Waals surface area contributed by atoms with Crippen LogP contribution in [0.2, 0.25) is 0 Å². The summed E-state index contributed by atoms with van der Waals surface area (Å²) in [5.74, 6) is -0.239. The molecular weight excluding hydrogens is 142 g/mol. The van der Waals surface area contributed by atoms with Gasteiger partial charge in [0.1, 0.15) is 0 Å². The number of carbonyl (C=O) groups is 1. The second kappa shape index (κ2) is 4.01. The van der Waals surface area contributed by atoms with Gasteiger partial charge in [-0.1, -0.05) is 0 Å². The number of allylic oxidation sites excluding steroid dienone is 1. The number of esters is 1. The minimum atomic E-state index is -0.239. The highest BCUT2D eigenvalue weighted by Crippen LogP contribution is 2.07. The molecule has 0 amide bonds. The Morgan fingerprint density at radius 1 is 1.82 bits per heavy atom. The molecule has 62 valence electrons. The van der Waals surface area contributed by atoms with Crippen molar-refractivity contribution in [3.63, 3.8) is 0 Å². The van der Waals surface area contributed by atoms with Crippen LogP contribution in [0.4, 0.5) is 0 Å². The van der Waals surface area contributed by atoms with Gasteiger partial charge in [0.15, 0.2) is 0 Å². The third-order valence-corrected chi connectivity index (χ3v) is 1.55. The van der Waals surface area contributed by atoms with Crippen LogP contribution in [-0.2, 0) is 9.53 Å². The van der Waals surface area contributed by atoms with Crippen molar-refractivity contribution < 1.29 is 9.53 Å². The number of nitrogens with one attached hydrogen (secondary N) is 1. The molecule has 1 aliphatic rings. The molecule has 0 aliphatic carbocycles. The Morgan fingerprint density at radius 3 is 3.18 bits per heavy atom. The third kappa shape index (κ3) is 2.62. The zero-order valence-corrected chi connectivity index (χ0v) is 6.72. The molecule has 1 heterocycles. The number of carbonyl (C=O) groups excluding carboxylic acids is 1. The van der Waals surface area contributed by atoms with E-state index in [1.165, 1.54) is 6.08 Å². The van der Waals surface area contributed by atoms with Crippen LogP contribution in [-0.4, -0.2) is 19.1 Å². The second-order valence-corrected chi connectivity index (χ2v) is 2.45. The summed E-state index contributed by atoms with van der Waals surface area (Å²) in [7, 11) is 0. The summed E-state index contributed by atoms with van der Waals surface area (Å²) in [6.45, 7) is 3.23. The first-order valence-electron chi connectivity index (χ1n) is 3.94. The van der Waals surface area contributed by atoms with Gasteiger partial charge in [-0.25, -0.2) is 4.79 Å². The van der Waals surface area contributed by atoms with Crippen LogP contribution in [0.5, 0.6) is 0 Å². The Bertz CT molecular complexity index is 167. The average molecular weight is 155 g/mol. The van der Waals surface area contributed by atoms with E-state index < -0.39 is 0 Å². The van der Waals surface area contributed by atoms with Gasteiger partial charge in [-0.2, -0.15) is 0 Å². The average Bonchev–Trinajstić information content (AvgIpc) is 2.40. The molecule has 1 rings (SSSR count). The molecule has 3 nitrogen and oxygen atoms in total. The van der Waals surface area contributed by atoms with Gasteiger partial charge in [0.05, 0.1) is 6.61 Å². The predicted octanol–water partition coefficient (Wildman–Crippen LogP) is 0.817. The number of rotatable bonds is 2. The Hall–Kier alpha value is -0.990. The molecule has 0 bridgehead atoms. The zero-order chi connectivity index (χ0) is 8.10. The largest absolute Gasteiger partial charge is 0.463 e. The topological polar surface area (TPSA) is 38.3 Å².